The summed E-state index contributed by atoms with van der Waals surface area (Å²) < 4.78 is 5.13. The first kappa shape index (κ1) is 18.8. The SMILES string of the molecule is CCSC1=C(c2ccc(Cl)cc2)C(=O)N(c2ccc(OC)c(Cl)c2)C1=O. The third kappa shape index (κ3) is 3.34. The van der Waals surface area contributed by atoms with Crippen LogP contribution in [0, 0.1) is 0 Å². The molecule has 0 aliphatic carbocycles. The second-order valence-corrected chi connectivity index (χ2v) is 7.53. The van der Waals surface area contributed by atoms with Gasteiger partial charge in [0.15, 0.2) is 0 Å². The Morgan fingerprint density at radius 1 is 1.04 bits per heavy atom. The molecule has 0 aromatic heterocycles. The van der Waals surface area contributed by atoms with Crippen LogP contribution < -0.4 is 9.64 Å². The molecule has 0 bridgehead atoms. The molecule has 0 N–H and O–H groups in total. The van der Waals surface area contributed by atoms with Gasteiger partial charge in [0.2, 0.25) is 0 Å². The molecule has 2 aromatic rings. The van der Waals surface area contributed by atoms with E-state index in [1.807, 2.05) is 6.92 Å². The highest BCUT2D eigenvalue weighted by Gasteiger charge is 2.40. The highest BCUT2D eigenvalue weighted by molar-refractivity contribution is 8.04. The van der Waals surface area contributed by atoms with Gasteiger partial charge in [-0.05, 0) is 41.6 Å². The van der Waals surface area contributed by atoms with Gasteiger partial charge in [-0.25, -0.2) is 4.90 Å². The minimum Gasteiger partial charge on any atom is -0.495 e. The monoisotopic (exact) mass is 407 g/mol. The van der Waals surface area contributed by atoms with E-state index in [0.29, 0.717) is 43.3 Å². The van der Waals surface area contributed by atoms with Crippen LogP contribution in [-0.2, 0) is 9.59 Å². The zero-order valence-electron chi connectivity index (χ0n) is 14.1. The van der Waals surface area contributed by atoms with Crippen LogP contribution in [-0.4, -0.2) is 24.7 Å². The minimum atomic E-state index is -0.380. The van der Waals surface area contributed by atoms with Gasteiger partial charge in [0, 0.05) is 5.02 Å². The Morgan fingerprint density at radius 2 is 1.73 bits per heavy atom. The summed E-state index contributed by atoms with van der Waals surface area (Å²) in [5.74, 6) is 0.411. The minimum absolute atomic E-state index is 0.329. The van der Waals surface area contributed by atoms with Gasteiger partial charge < -0.3 is 4.74 Å². The van der Waals surface area contributed by atoms with Gasteiger partial charge in [-0.2, -0.15) is 0 Å². The fraction of sp³-hybridized carbons (Fsp3) is 0.158. The molecule has 0 spiro atoms. The number of carbonyl (C=O) groups is 2. The number of carbonyl (C=O) groups excluding carboxylic acids is 2. The lowest BCUT2D eigenvalue weighted by molar-refractivity contribution is -0.119. The number of thioether (sulfide) groups is 1. The average Bonchev–Trinajstić information content (AvgIpc) is 2.86. The summed E-state index contributed by atoms with van der Waals surface area (Å²) in [5.41, 5.74) is 1.44. The van der Waals surface area contributed by atoms with E-state index in [9.17, 15) is 9.59 Å². The van der Waals surface area contributed by atoms with Crippen LogP contribution in [0.1, 0.15) is 12.5 Å². The summed E-state index contributed by atoms with van der Waals surface area (Å²) in [6.07, 6.45) is 0. The standard InChI is InChI=1S/C19H15Cl2NO3S/c1-3-26-17-16(11-4-6-12(20)7-5-11)18(23)22(19(17)24)13-8-9-15(25-2)14(21)10-13/h4-10H,3H2,1-2H3. The van der Waals surface area contributed by atoms with Crippen molar-refractivity contribution in [3.8, 4) is 5.75 Å². The first-order valence-electron chi connectivity index (χ1n) is 7.83. The molecule has 1 aliphatic heterocycles. The number of benzene rings is 2. The quantitative estimate of drug-likeness (QED) is 0.651. The third-order valence-corrected chi connectivity index (χ3v) is 5.36. The predicted molar refractivity (Wildman–Crippen MR) is 107 cm³/mol. The van der Waals surface area contributed by atoms with Gasteiger partial charge in [0.05, 0.1) is 28.3 Å². The van der Waals surface area contributed by atoms with E-state index in [-0.39, 0.29) is 11.8 Å². The largest absolute Gasteiger partial charge is 0.495 e. The zero-order valence-corrected chi connectivity index (χ0v) is 16.4. The predicted octanol–water partition coefficient (Wildman–Crippen LogP) is 5.04. The Kier molecular flexibility index (Phi) is 5.61. The van der Waals surface area contributed by atoms with Crippen LogP contribution in [0.5, 0.6) is 5.75 Å². The number of amides is 2. The maximum absolute atomic E-state index is 13.1. The fourth-order valence-electron chi connectivity index (χ4n) is 2.69. The zero-order chi connectivity index (χ0) is 18.8. The van der Waals surface area contributed by atoms with Crippen molar-refractivity contribution in [2.24, 2.45) is 0 Å². The van der Waals surface area contributed by atoms with E-state index in [1.54, 1.807) is 42.5 Å². The Bertz CT molecular complexity index is 910. The van der Waals surface area contributed by atoms with Crippen molar-refractivity contribution in [1.82, 2.24) is 0 Å². The van der Waals surface area contributed by atoms with Crippen molar-refractivity contribution in [1.29, 1.82) is 0 Å². The van der Waals surface area contributed by atoms with Gasteiger partial charge in [-0.15, -0.1) is 11.8 Å². The molecule has 4 nitrogen and oxygen atoms in total. The normalized spacial score (nSPS) is 14.4. The first-order valence-corrected chi connectivity index (χ1v) is 9.57. The summed E-state index contributed by atoms with van der Waals surface area (Å²) in [7, 11) is 1.50. The van der Waals surface area contributed by atoms with Crippen LogP contribution >= 0.6 is 35.0 Å². The average molecular weight is 408 g/mol. The molecule has 0 saturated carbocycles. The summed E-state index contributed by atoms with van der Waals surface area (Å²) >= 11 is 13.5. The molecule has 0 fully saturated rings. The lowest BCUT2D eigenvalue weighted by Gasteiger charge is -2.16. The van der Waals surface area contributed by atoms with Crippen molar-refractivity contribution in [2.45, 2.75) is 6.92 Å². The van der Waals surface area contributed by atoms with Gasteiger partial charge in [0.25, 0.3) is 11.8 Å². The third-order valence-electron chi connectivity index (χ3n) is 3.86. The Hall–Kier alpha value is -1.95. The van der Waals surface area contributed by atoms with E-state index in [0.717, 1.165) is 4.90 Å². The lowest BCUT2D eigenvalue weighted by atomic mass is 10.1. The number of anilines is 1. The van der Waals surface area contributed by atoms with Crippen LogP contribution in [0.4, 0.5) is 5.69 Å². The molecule has 0 atom stereocenters. The summed E-state index contributed by atoms with van der Waals surface area (Å²) in [6.45, 7) is 1.93. The highest BCUT2D eigenvalue weighted by atomic mass is 35.5. The molecule has 1 aliphatic rings. The maximum atomic E-state index is 13.1. The molecule has 2 aromatic carbocycles. The number of methoxy groups -OCH3 is 1. The van der Waals surface area contributed by atoms with Crippen LogP contribution in [0.2, 0.25) is 10.0 Å². The molecule has 0 saturated heterocycles. The second kappa shape index (κ2) is 7.74. The Balaban J connectivity index is 2.07. The lowest BCUT2D eigenvalue weighted by Crippen LogP contribution is -2.31. The smallest absolute Gasteiger partial charge is 0.272 e. The summed E-state index contributed by atoms with van der Waals surface area (Å²) in [6, 6.07) is 11.7. The molecule has 0 radical (unpaired) electrons. The molecular weight excluding hydrogens is 393 g/mol. The number of rotatable bonds is 5. The molecule has 2 amide bonds. The Labute approximate surface area is 165 Å². The molecule has 0 unspecified atom stereocenters. The van der Waals surface area contributed by atoms with Gasteiger partial charge in [-0.1, -0.05) is 42.3 Å². The molecule has 26 heavy (non-hydrogen) atoms. The van der Waals surface area contributed by atoms with Crippen molar-refractivity contribution >= 4 is 58.0 Å². The Morgan fingerprint density at radius 3 is 2.31 bits per heavy atom. The topological polar surface area (TPSA) is 46.6 Å². The van der Waals surface area contributed by atoms with Gasteiger partial charge >= 0.3 is 0 Å². The van der Waals surface area contributed by atoms with Crippen LogP contribution in [0.15, 0.2) is 47.4 Å². The maximum Gasteiger partial charge on any atom is 0.272 e. The van der Waals surface area contributed by atoms with Crippen molar-refractivity contribution in [2.75, 3.05) is 17.8 Å². The highest BCUT2D eigenvalue weighted by Crippen LogP contribution is 2.40. The van der Waals surface area contributed by atoms with Gasteiger partial charge in [0.1, 0.15) is 5.75 Å². The van der Waals surface area contributed by atoms with Crippen molar-refractivity contribution in [3.05, 3.63) is 63.0 Å². The van der Waals surface area contributed by atoms with Crippen LogP contribution in [0.3, 0.4) is 0 Å². The van der Waals surface area contributed by atoms with Crippen molar-refractivity contribution in [3.63, 3.8) is 0 Å². The van der Waals surface area contributed by atoms with E-state index >= 15 is 0 Å². The number of hydrogen-bond donors (Lipinski definition) is 0. The van der Waals surface area contributed by atoms with E-state index in [1.165, 1.54) is 18.9 Å². The fourth-order valence-corrected chi connectivity index (χ4v) is 3.92. The summed E-state index contributed by atoms with van der Waals surface area (Å²) in [4.78, 5) is 27.6. The number of ether oxygens (including phenoxy) is 1. The first-order chi connectivity index (χ1) is 12.5. The van der Waals surface area contributed by atoms with E-state index < -0.39 is 0 Å². The number of halogens is 2. The van der Waals surface area contributed by atoms with Crippen LogP contribution in [0.25, 0.3) is 5.57 Å². The van der Waals surface area contributed by atoms with E-state index in [2.05, 4.69) is 0 Å². The molecule has 7 heteroatoms. The van der Waals surface area contributed by atoms with Gasteiger partial charge in [-0.3, -0.25) is 9.59 Å². The van der Waals surface area contributed by atoms with Crippen molar-refractivity contribution < 1.29 is 14.3 Å². The van der Waals surface area contributed by atoms with E-state index in [4.69, 9.17) is 27.9 Å². The molecule has 3 rings (SSSR count). The number of hydrogen-bond acceptors (Lipinski definition) is 4. The molecule has 1 heterocycles. The molecular formula is C19H15Cl2NO3S. The summed E-state index contributed by atoms with van der Waals surface area (Å²) in [5, 5.41) is 0.893. The second-order valence-electron chi connectivity index (χ2n) is 5.41. The number of nitrogens with zero attached hydrogens (tertiary/aromatic N) is 1. The molecule has 134 valence electrons. The number of imide groups is 1.